The lowest BCUT2D eigenvalue weighted by Gasteiger charge is -2.34. The highest BCUT2D eigenvalue weighted by Crippen LogP contribution is 2.23. The van der Waals surface area contributed by atoms with Crippen molar-refractivity contribution in [2.75, 3.05) is 52.5 Å². The van der Waals surface area contributed by atoms with Crippen LogP contribution in [0.3, 0.4) is 0 Å². The van der Waals surface area contributed by atoms with Crippen LogP contribution in [-0.2, 0) is 11.3 Å². The fraction of sp³-hybridized carbons (Fsp3) is 0.409. The first-order valence-corrected chi connectivity index (χ1v) is 10.3. The summed E-state index contributed by atoms with van der Waals surface area (Å²) >= 11 is 6.05. The van der Waals surface area contributed by atoms with Crippen LogP contribution in [0.15, 0.2) is 45.6 Å². The van der Waals surface area contributed by atoms with Gasteiger partial charge in [-0.1, -0.05) is 17.7 Å². The lowest BCUT2D eigenvalue weighted by atomic mass is 10.1. The maximum absolute atomic E-state index is 12.9. The van der Waals surface area contributed by atoms with E-state index in [2.05, 4.69) is 9.80 Å². The Morgan fingerprint density at radius 3 is 2.41 bits per heavy atom. The number of piperazine rings is 1. The molecule has 6 nitrogen and oxygen atoms in total. The molecule has 1 fully saturated rings. The van der Waals surface area contributed by atoms with E-state index < -0.39 is 0 Å². The van der Waals surface area contributed by atoms with E-state index in [0.29, 0.717) is 40.2 Å². The Hall–Kier alpha value is -1.96. The second kappa shape index (κ2) is 9.24. The molecule has 0 saturated carbocycles. The van der Waals surface area contributed by atoms with E-state index in [0.717, 1.165) is 44.8 Å². The molecule has 7 heteroatoms. The van der Waals surface area contributed by atoms with Gasteiger partial charge in [0.2, 0.25) is 5.43 Å². The maximum atomic E-state index is 12.9. The van der Waals surface area contributed by atoms with Crippen LogP contribution in [0.5, 0.6) is 0 Å². The number of fused-ring (bicyclic) bond motifs is 2. The van der Waals surface area contributed by atoms with Crippen molar-refractivity contribution < 1.29 is 14.3 Å². The first-order valence-electron chi connectivity index (χ1n) is 9.92. The van der Waals surface area contributed by atoms with Gasteiger partial charge in [-0.3, -0.25) is 14.6 Å². The predicted molar refractivity (Wildman–Crippen MR) is 115 cm³/mol. The molecule has 0 spiro atoms. The third kappa shape index (κ3) is 4.79. The summed E-state index contributed by atoms with van der Waals surface area (Å²) in [6, 6.07) is 11.0. The average molecular weight is 417 g/mol. The molecule has 154 valence electrons. The molecule has 2 heterocycles. The van der Waals surface area contributed by atoms with Gasteiger partial charge < -0.3 is 14.3 Å². The van der Waals surface area contributed by atoms with Crippen molar-refractivity contribution >= 4 is 33.5 Å². The van der Waals surface area contributed by atoms with E-state index in [1.165, 1.54) is 0 Å². The minimum absolute atomic E-state index is 0.0432. The summed E-state index contributed by atoms with van der Waals surface area (Å²) in [5.74, 6) is 0. The lowest BCUT2D eigenvalue weighted by Crippen LogP contribution is -2.46. The zero-order chi connectivity index (χ0) is 20.2. The molecule has 1 N–H and O–H groups in total. The molecule has 1 saturated heterocycles. The number of ether oxygens (including phenoxy) is 1. The number of rotatable bonds is 7. The van der Waals surface area contributed by atoms with Crippen molar-refractivity contribution in [1.29, 1.82) is 0 Å². The zero-order valence-electron chi connectivity index (χ0n) is 16.3. The number of aliphatic hydroxyl groups is 1. The van der Waals surface area contributed by atoms with E-state index in [1.807, 2.05) is 18.2 Å². The first kappa shape index (κ1) is 20.3. The van der Waals surface area contributed by atoms with Gasteiger partial charge in [-0.05, 0) is 35.9 Å². The highest BCUT2D eigenvalue weighted by molar-refractivity contribution is 6.31. The van der Waals surface area contributed by atoms with Gasteiger partial charge in [-0.15, -0.1) is 0 Å². The normalized spacial score (nSPS) is 16.1. The van der Waals surface area contributed by atoms with Crippen LogP contribution in [0, 0.1) is 0 Å². The molecule has 2 aromatic carbocycles. The molecule has 4 rings (SSSR count). The summed E-state index contributed by atoms with van der Waals surface area (Å²) in [7, 11) is 0. The highest BCUT2D eigenvalue weighted by atomic mass is 35.5. The van der Waals surface area contributed by atoms with Crippen LogP contribution in [0.1, 0.15) is 5.56 Å². The Kier molecular flexibility index (Phi) is 6.47. The molecule has 29 heavy (non-hydrogen) atoms. The molecule has 0 amide bonds. The molecular formula is C22H25ClN2O4. The summed E-state index contributed by atoms with van der Waals surface area (Å²) in [6.45, 7) is 6.73. The number of hydrogen-bond donors (Lipinski definition) is 1. The van der Waals surface area contributed by atoms with Crippen LogP contribution in [0.2, 0.25) is 5.02 Å². The van der Waals surface area contributed by atoms with E-state index in [1.54, 1.807) is 18.2 Å². The van der Waals surface area contributed by atoms with Crippen LogP contribution in [0.25, 0.3) is 21.9 Å². The summed E-state index contributed by atoms with van der Waals surface area (Å²) in [5, 5.41) is 10.4. The van der Waals surface area contributed by atoms with Gasteiger partial charge in [0.05, 0.1) is 30.6 Å². The van der Waals surface area contributed by atoms with Crippen molar-refractivity contribution in [2.45, 2.75) is 6.54 Å². The van der Waals surface area contributed by atoms with Crippen LogP contribution in [-0.4, -0.2) is 67.5 Å². The number of nitrogens with zero attached hydrogens (tertiary/aromatic N) is 2. The van der Waals surface area contributed by atoms with Crippen molar-refractivity contribution in [2.24, 2.45) is 0 Å². The van der Waals surface area contributed by atoms with Crippen LogP contribution >= 0.6 is 11.6 Å². The zero-order valence-corrected chi connectivity index (χ0v) is 17.0. The van der Waals surface area contributed by atoms with Gasteiger partial charge in [-0.2, -0.15) is 0 Å². The largest absolute Gasteiger partial charge is 0.456 e. The predicted octanol–water partition coefficient (Wildman–Crippen LogP) is 2.73. The number of hydrogen-bond acceptors (Lipinski definition) is 6. The van der Waals surface area contributed by atoms with Crippen molar-refractivity contribution in [3.63, 3.8) is 0 Å². The van der Waals surface area contributed by atoms with Crippen molar-refractivity contribution in [3.05, 3.63) is 57.2 Å². The van der Waals surface area contributed by atoms with E-state index >= 15 is 0 Å². The smallest absolute Gasteiger partial charge is 0.200 e. The molecule has 0 atom stereocenters. The molecular weight excluding hydrogens is 392 g/mol. The molecule has 0 bridgehead atoms. The topological polar surface area (TPSA) is 66.2 Å². The minimum atomic E-state index is -0.0432. The molecule has 0 radical (unpaired) electrons. The molecule has 3 aromatic rings. The van der Waals surface area contributed by atoms with Gasteiger partial charge in [0.1, 0.15) is 11.2 Å². The molecule has 0 unspecified atom stereocenters. The number of halogens is 1. The Labute approximate surface area is 174 Å². The number of benzene rings is 2. The fourth-order valence-corrected chi connectivity index (χ4v) is 3.94. The van der Waals surface area contributed by atoms with Gasteiger partial charge in [0, 0.05) is 44.3 Å². The third-order valence-electron chi connectivity index (χ3n) is 5.35. The fourth-order valence-electron chi connectivity index (χ4n) is 3.76. The van der Waals surface area contributed by atoms with Crippen LogP contribution in [0.4, 0.5) is 0 Å². The number of aliphatic hydroxyl groups excluding tert-OH is 1. The average Bonchev–Trinajstić information content (AvgIpc) is 2.74. The lowest BCUT2D eigenvalue weighted by molar-refractivity contribution is 0.0564. The molecule has 1 aromatic heterocycles. The van der Waals surface area contributed by atoms with Gasteiger partial charge in [0.15, 0.2) is 0 Å². The van der Waals surface area contributed by atoms with Crippen molar-refractivity contribution in [3.8, 4) is 0 Å². The third-order valence-corrected chi connectivity index (χ3v) is 5.59. The van der Waals surface area contributed by atoms with E-state index in [9.17, 15) is 4.79 Å². The van der Waals surface area contributed by atoms with Gasteiger partial charge >= 0.3 is 0 Å². The second-order valence-corrected chi connectivity index (χ2v) is 7.79. The quantitative estimate of drug-likeness (QED) is 0.472. The maximum Gasteiger partial charge on any atom is 0.200 e. The van der Waals surface area contributed by atoms with Gasteiger partial charge in [-0.25, -0.2) is 0 Å². The first-order chi connectivity index (χ1) is 14.1. The standard InChI is InChI=1S/C22H25ClN2O4/c23-17-2-4-21-19(14-17)22(27)18-13-16(1-3-20(18)29-21)15-25-7-5-24(6-8-25)9-11-28-12-10-26/h1-4,13-14,26H,5-12,15H2. The van der Waals surface area contributed by atoms with Crippen LogP contribution < -0.4 is 5.43 Å². The Morgan fingerprint density at radius 2 is 1.66 bits per heavy atom. The van der Waals surface area contributed by atoms with Gasteiger partial charge in [0.25, 0.3) is 0 Å². The van der Waals surface area contributed by atoms with E-state index in [4.69, 9.17) is 25.9 Å². The molecule has 1 aliphatic rings. The van der Waals surface area contributed by atoms with E-state index in [-0.39, 0.29) is 12.0 Å². The summed E-state index contributed by atoms with van der Waals surface area (Å²) in [6.07, 6.45) is 0. The van der Waals surface area contributed by atoms with Crippen molar-refractivity contribution in [1.82, 2.24) is 9.80 Å². The summed E-state index contributed by atoms with van der Waals surface area (Å²) < 4.78 is 11.2. The SMILES string of the molecule is O=c1c2cc(Cl)ccc2oc2ccc(CN3CCN(CCOCCO)CC3)cc12. The monoisotopic (exact) mass is 416 g/mol. The Morgan fingerprint density at radius 1 is 0.966 bits per heavy atom. The second-order valence-electron chi connectivity index (χ2n) is 7.36. The molecule has 0 aliphatic carbocycles. The Balaban J connectivity index is 1.43. The minimum Gasteiger partial charge on any atom is -0.456 e. The molecule has 1 aliphatic heterocycles. The summed E-state index contributed by atoms with van der Waals surface area (Å²) in [4.78, 5) is 17.7. The highest BCUT2D eigenvalue weighted by Gasteiger charge is 2.17. The summed E-state index contributed by atoms with van der Waals surface area (Å²) in [5.41, 5.74) is 2.21. The Bertz CT molecular complexity index is 1040.